The summed E-state index contributed by atoms with van der Waals surface area (Å²) in [6.45, 7) is 3.62. The van der Waals surface area contributed by atoms with Crippen LogP contribution in [0.2, 0.25) is 0 Å². The molecule has 1 atom stereocenters. The molecule has 4 N–H and O–H groups in total. The smallest absolute Gasteiger partial charge is 0.212 e. The molecule has 0 radical (unpaired) electrons. The van der Waals surface area contributed by atoms with Crippen LogP contribution in [-0.4, -0.2) is 15.4 Å². The topological polar surface area (TPSA) is 101 Å². The Morgan fingerprint density at radius 3 is 2.71 bits per heavy atom. The third-order valence-electron chi connectivity index (χ3n) is 4.28. The van der Waals surface area contributed by atoms with Gasteiger partial charge in [-0.15, -0.1) is 0 Å². The first kappa shape index (κ1) is 22.1. The van der Waals surface area contributed by atoms with Gasteiger partial charge in [0, 0.05) is 23.5 Å². The summed E-state index contributed by atoms with van der Waals surface area (Å²) in [6, 6.07) is 8.99. The molecule has 31 heavy (non-hydrogen) atoms. The number of nitrogens with zero attached hydrogens (tertiary/aromatic N) is 1. The molecule has 0 aliphatic rings. The maximum absolute atomic E-state index is 14.8. The van der Waals surface area contributed by atoms with Crippen LogP contribution in [0.15, 0.2) is 47.5 Å². The summed E-state index contributed by atoms with van der Waals surface area (Å²) < 4.78 is 46.5. The van der Waals surface area contributed by atoms with Gasteiger partial charge in [0.05, 0.1) is 16.1 Å². The fourth-order valence-corrected chi connectivity index (χ4v) is 3.44. The normalized spacial score (nSPS) is 11.4. The molecule has 0 bridgehead atoms. The van der Waals surface area contributed by atoms with E-state index in [2.05, 4.69) is 22.3 Å². The summed E-state index contributed by atoms with van der Waals surface area (Å²) in [5.74, 6) is 3.29. The van der Waals surface area contributed by atoms with Crippen LogP contribution in [0.25, 0.3) is 0 Å². The van der Waals surface area contributed by atoms with Crippen LogP contribution in [0.3, 0.4) is 0 Å². The number of rotatable bonds is 5. The average molecular weight is 440 g/mol. The number of benzene rings is 2. The number of nitrogens with two attached hydrogens (primary N) is 1. The Kier molecular flexibility index (Phi) is 6.74. The molecular weight excluding hydrogens is 422 g/mol. The Hall–Kier alpha value is -3.61. The molecule has 1 aromatic heterocycles. The first-order chi connectivity index (χ1) is 14.8. The van der Waals surface area contributed by atoms with Crippen molar-refractivity contribution in [3.8, 4) is 11.8 Å². The van der Waals surface area contributed by atoms with Crippen molar-refractivity contribution < 1.29 is 17.3 Å². The van der Waals surface area contributed by atoms with E-state index in [0.717, 1.165) is 29.5 Å². The highest BCUT2D eigenvalue weighted by Crippen LogP contribution is 2.22. The fraction of sp³-hybridized carbons (Fsp3) is 0.0909. The van der Waals surface area contributed by atoms with Gasteiger partial charge >= 0.3 is 0 Å². The van der Waals surface area contributed by atoms with Gasteiger partial charge in [0.1, 0.15) is 11.6 Å². The van der Waals surface area contributed by atoms with Crippen LogP contribution in [-0.2, 0) is 15.4 Å². The minimum Gasteiger partial charge on any atom is -0.383 e. The Bertz CT molecular complexity index is 1250. The van der Waals surface area contributed by atoms with Crippen molar-refractivity contribution in [3.63, 3.8) is 0 Å². The standard InChI is InChI=1S/C22H18F2N4O2S/c1-13-3-4-14(2)20(9-13)31(29)30-28-19-8-7-18(23)17(21(19)24)6-5-15-10-16(11-25)22(26)27-12-15/h3-4,7-12,25,28H,1-2H3,(H2,26,27). The first-order valence-electron chi connectivity index (χ1n) is 8.98. The van der Waals surface area contributed by atoms with Gasteiger partial charge < -0.3 is 11.1 Å². The SMILES string of the molecule is Cc1ccc(C)c(S(=O)ONc2ccc(F)c(C#Cc3cnc(N)c(C=N)c3)c2F)c1. The lowest BCUT2D eigenvalue weighted by Crippen LogP contribution is -2.09. The number of hydrogen-bond donors (Lipinski definition) is 3. The summed E-state index contributed by atoms with van der Waals surface area (Å²) in [7, 11) is 0. The van der Waals surface area contributed by atoms with E-state index < -0.39 is 28.3 Å². The Morgan fingerprint density at radius 2 is 1.97 bits per heavy atom. The van der Waals surface area contributed by atoms with Crippen LogP contribution in [0.1, 0.15) is 27.8 Å². The van der Waals surface area contributed by atoms with Crippen molar-refractivity contribution in [2.75, 3.05) is 11.2 Å². The molecule has 0 aliphatic carbocycles. The van der Waals surface area contributed by atoms with Gasteiger partial charge in [0.2, 0.25) is 11.1 Å². The van der Waals surface area contributed by atoms with Crippen molar-refractivity contribution >= 4 is 28.8 Å². The number of pyridine rings is 1. The number of nitrogens with one attached hydrogen (secondary N) is 2. The van der Waals surface area contributed by atoms with Crippen LogP contribution in [0, 0.1) is 42.7 Å². The molecule has 3 rings (SSSR count). The number of aryl methyl sites for hydroxylation is 2. The van der Waals surface area contributed by atoms with E-state index in [1.807, 2.05) is 13.0 Å². The maximum atomic E-state index is 14.8. The van der Waals surface area contributed by atoms with E-state index in [1.54, 1.807) is 19.1 Å². The van der Waals surface area contributed by atoms with Gasteiger partial charge in [0.15, 0.2) is 5.82 Å². The van der Waals surface area contributed by atoms with Crippen molar-refractivity contribution in [1.29, 1.82) is 5.41 Å². The van der Waals surface area contributed by atoms with E-state index in [1.165, 1.54) is 12.3 Å². The zero-order valence-corrected chi connectivity index (χ0v) is 17.4. The van der Waals surface area contributed by atoms with Crippen molar-refractivity contribution in [2.24, 2.45) is 0 Å². The molecule has 0 saturated heterocycles. The molecule has 1 heterocycles. The second-order valence-corrected chi connectivity index (χ2v) is 7.64. The average Bonchev–Trinajstić information content (AvgIpc) is 2.75. The Labute approximate surface area is 180 Å². The van der Waals surface area contributed by atoms with E-state index in [9.17, 15) is 13.0 Å². The van der Waals surface area contributed by atoms with E-state index in [4.69, 9.17) is 15.4 Å². The lowest BCUT2D eigenvalue weighted by atomic mass is 10.1. The predicted octanol–water partition coefficient (Wildman–Crippen LogP) is 4.02. The van der Waals surface area contributed by atoms with E-state index in [-0.39, 0.29) is 11.5 Å². The lowest BCUT2D eigenvalue weighted by molar-refractivity contribution is 0.429. The van der Waals surface area contributed by atoms with Gasteiger partial charge in [-0.2, -0.15) is 4.28 Å². The largest absolute Gasteiger partial charge is 0.383 e. The molecule has 1 unspecified atom stereocenters. The second kappa shape index (κ2) is 9.47. The van der Waals surface area contributed by atoms with Crippen LogP contribution in [0.4, 0.5) is 20.3 Å². The van der Waals surface area contributed by atoms with Gasteiger partial charge in [-0.3, -0.25) is 0 Å². The summed E-state index contributed by atoms with van der Waals surface area (Å²) in [5.41, 5.74) is 9.49. The second-order valence-electron chi connectivity index (χ2n) is 6.57. The highest BCUT2D eigenvalue weighted by atomic mass is 32.2. The molecular formula is C22H18F2N4O2S. The van der Waals surface area contributed by atoms with Gasteiger partial charge in [-0.1, -0.05) is 24.0 Å². The molecule has 6 nitrogen and oxygen atoms in total. The molecule has 0 saturated carbocycles. The lowest BCUT2D eigenvalue weighted by Gasteiger charge is -2.10. The summed E-state index contributed by atoms with van der Waals surface area (Å²) in [6.07, 6.45) is 2.34. The molecule has 158 valence electrons. The monoisotopic (exact) mass is 440 g/mol. The van der Waals surface area contributed by atoms with Gasteiger partial charge in [-0.05, 0) is 49.2 Å². The van der Waals surface area contributed by atoms with Crippen molar-refractivity contribution in [1.82, 2.24) is 4.98 Å². The number of halogens is 2. The molecule has 9 heteroatoms. The minimum atomic E-state index is -1.91. The number of hydrogen-bond acceptors (Lipinski definition) is 6. The zero-order valence-electron chi connectivity index (χ0n) is 16.6. The highest BCUT2D eigenvalue weighted by Gasteiger charge is 2.15. The molecule has 0 spiro atoms. The van der Waals surface area contributed by atoms with Crippen molar-refractivity contribution in [3.05, 3.63) is 82.0 Å². The summed E-state index contributed by atoms with van der Waals surface area (Å²) in [5, 5.41) is 7.28. The molecule has 0 fully saturated rings. The maximum Gasteiger partial charge on any atom is 0.212 e. The molecule has 0 aliphatic heterocycles. The predicted molar refractivity (Wildman–Crippen MR) is 116 cm³/mol. The van der Waals surface area contributed by atoms with Gasteiger partial charge in [0.25, 0.3) is 0 Å². The third kappa shape index (κ3) is 5.12. The van der Waals surface area contributed by atoms with E-state index >= 15 is 0 Å². The quantitative estimate of drug-likeness (QED) is 0.316. The van der Waals surface area contributed by atoms with E-state index in [0.29, 0.717) is 16.0 Å². The number of nitrogen functional groups attached to an aromatic ring is 1. The Balaban J connectivity index is 1.84. The first-order valence-corrected chi connectivity index (χ1v) is 10.1. The highest BCUT2D eigenvalue weighted by molar-refractivity contribution is 7.80. The molecule has 3 aromatic rings. The van der Waals surface area contributed by atoms with Crippen LogP contribution in [0.5, 0.6) is 0 Å². The number of aromatic nitrogens is 1. The minimum absolute atomic E-state index is 0.151. The zero-order chi connectivity index (χ0) is 22.5. The third-order valence-corrected chi connectivity index (χ3v) is 5.31. The molecule has 0 amide bonds. The Morgan fingerprint density at radius 1 is 1.19 bits per heavy atom. The van der Waals surface area contributed by atoms with Gasteiger partial charge in [-0.25, -0.2) is 23.5 Å². The summed E-state index contributed by atoms with van der Waals surface area (Å²) in [4.78, 5) is 4.32. The summed E-state index contributed by atoms with van der Waals surface area (Å²) >= 11 is -1.91. The number of anilines is 2. The van der Waals surface area contributed by atoms with Crippen LogP contribution < -0.4 is 11.2 Å². The van der Waals surface area contributed by atoms with Crippen LogP contribution >= 0.6 is 0 Å². The molecule has 2 aromatic carbocycles. The fourth-order valence-electron chi connectivity index (χ4n) is 2.57. The van der Waals surface area contributed by atoms with Crippen molar-refractivity contribution in [2.45, 2.75) is 18.7 Å².